The summed E-state index contributed by atoms with van der Waals surface area (Å²) in [7, 11) is 0. The SMILES string of the molecule is C[C@@H]1CCC[C@@H](C)N1C(=O)CN1CCN(c2nc(-c3ccc(F)cc3)cs2)CC1. The molecule has 156 valence electrons. The Morgan fingerprint density at radius 3 is 2.41 bits per heavy atom. The van der Waals surface area contributed by atoms with Gasteiger partial charge in [0.1, 0.15) is 5.82 Å². The molecule has 0 N–H and O–H groups in total. The van der Waals surface area contributed by atoms with Crippen LogP contribution in [0, 0.1) is 5.82 Å². The molecule has 29 heavy (non-hydrogen) atoms. The predicted octanol–water partition coefficient (Wildman–Crippen LogP) is 3.86. The second-order valence-corrected chi connectivity index (χ2v) is 9.05. The number of halogens is 1. The number of hydrogen-bond donors (Lipinski definition) is 0. The maximum atomic E-state index is 13.1. The van der Waals surface area contributed by atoms with Crippen molar-refractivity contribution in [1.29, 1.82) is 0 Å². The second-order valence-electron chi connectivity index (χ2n) is 8.22. The molecule has 2 atom stereocenters. The van der Waals surface area contributed by atoms with Crippen molar-refractivity contribution in [3.05, 3.63) is 35.5 Å². The fraction of sp³-hybridized carbons (Fsp3) is 0.545. The van der Waals surface area contributed by atoms with E-state index in [0.717, 1.165) is 55.4 Å². The minimum atomic E-state index is -0.233. The maximum absolute atomic E-state index is 13.1. The van der Waals surface area contributed by atoms with Gasteiger partial charge in [-0.15, -0.1) is 11.3 Å². The van der Waals surface area contributed by atoms with Crippen LogP contribution in [0.2, 0.25) is 0 Å². The molecule has 0 unspecified atom stereocenters. The van der Waals surface area contributed by atoms with E-state index in [1.54, 1.807) is 23.5 Å². The first-order valence-corrected chi connectivity index (χ1v) is 11.4. The van der Waals surface area contributed by atoms with Crippen molar-refractivity contribution in [1.82, 2.24) is 14.8 Å². The van der Waals surface area contributed by atoms with E-state index in [1.807, 2.05) is 5.38 Å². The molecule has 0 bridgehead atoms. The van der Waals surface area contributed by atoms with Gasteiger partial charge in [-0.25, -0.2) is 9.37 Å². The third-order valence-electron chi connectivity index (χ3n) is 6.12. The summed E-state index contributed by atoms with van der Waals surface area (Å²) >= 11 is 1.62. The molecule has 3 heterocycles. The number of aromatic nitrogens is 1. The van der Waals surface area contributed by atoms with Crippen molar-refractivity contribution in [3.63, 3.8) is 0 Å². The van der Waals surface area contributed by atoms with E-state index in [4.69, 9.17) is 4.98 Å². The van der Waals surface area contributed by atoms with Crippen LogP contribution in [0.3, 0.4) is 0 Å². The minimum Gasteiger partial charge on any atom is -0.346 e. The molecule has 4 rings (SSSR count). The summed E-state index contributed by atoms with van der Waals surface area (Å²) in [6.07, 6.45) is 3.45. The smallest absolute Gasteiger partial charge is 0.237 e. The molecule has 2 fully saturated rings. The monoisotopic (exact) mass is 416 g/mol. The standard InChI is InChI=1S/C22H29FN4OS/c1-16-4-3-5-17(2)27(16)21(28)14-25-10-12-26(13-11-25)22-24-20(15-29-22)18-6-8-19(23)9-7-18/h6-9,15-17H,3-5,10-14H2,1-2H3/t16-,17-/m1/s1. The molecule has 1 aromatic heterocycles. The minimum absolute atomic E-state index is 0.233. The Morgan fingerprint density at radius 1 is 1.10 bits per heavy atom. The van der Waals surface area contributed by atoms with E-state index in [9.17, 15) is 9.18 Å². The first kappa shape index (κ1) is 20.3. The van der Waals surface area contributed by atoms with Gasteiger partial charge < -0.3 is 9.80 Å². The number of rotatable bonds is 4. The normalized spacial score (nSPS) is 23.4. The van der Waals surface area contributed by atoms with E-state index < -0.39 is 0 Å². The molecule has 2 aromatic rings. The van der Waals surface area contributed by atoms with Gasteiger partial charge in [-0.3, -0.25) is 9.69 Å². The lowest BCUT2D eigenvalue weighted by atomic mass is 9.97. The number of nitrogens with zero attached hydrogens (tertiary/aromatic N) is 4. The molecule has 2 aliphatic rings. The number of piperazine rings is 1. The second kappa shape index (κ2) is 8.79. The van der Waals surface area contributed by atoms with Gasteiger partial charge in [0.25, 0.3) is 0 Å². The summed E-state index contributed by atoms with van der Waals surface area (Å²) in [5.74, 6) is 0.0363. The van der Waals surface area contributed by atoms with Gasteiger partial charge in [0, 0.05) is 49.2 Å². The highest BCUT2D eigenvalue weighted by atomic mass is 32.1. The maximum Gasteiger partial charge on any atom is 0.237 e. The Balaban J connectivity index is 1.31. The molecular formula is C22H29FN4OS. The summed E-state index contributed by atoms with van der Waals surface area (Å²) in [5.41, 5.74) is 1.82. The Hall–Kier alpha value is -1.99. The van der Waals surface area contributed by atoms with Crippen LogP contribution in [-0.4, -0.2) is 65.5 Å². The molecule has 0 spiro atoms. The van der Waals surface area contributed by atoms with Crippen LogP contribution in [0.1, 0.15) is 33.1 Å². The quantitative estimate of drug-likeness (QED) is 0.759. The Morgan fingerprint density at radius 2 is 1.76 bits per heavy atom. The zero-order valence-corrected chi connectivity index (χ0v) is 18.0. The van der Waals surface area contributed by atoms with Crippen molar-refractivity contribution in [2.24, 2.45) is 0 Å². The molecule has 2 saturated heterocycles. The molecule has 1 aromatic carbocycles. The van der Waals surface area contributed by atoms with Gasteiger partial charge in [0.15, 0.2) is 5.13 Å². The lowest BCUT2D eigenvalue weighted by Crippen LogP contribution is -2.54. The van der Waals surface area contributed by atoms with Crippen LogP contribution in [0.5, 0.6) is 0 Å². The van der Waals surface area contributed by atoms with E-state index in [-0.39, 0.29) is 11.7 Å². The van der Waals surface area contributed by atoms with Gasteiger partial charge in [-0.1, -0.05) is 0 Å². The molecule has 0 saturated carbocycles. The average molecular weight is 417 g/mol. The average Bonchev–Trinajstić information content (AvgIpc) is 3.19. The summed E-state index contributed by atoms with van der Waals surface area (Å²) in [5, 5.41) is 3.02. The van der Waals surface area contributed by atoms with Gasteiger partial charge in [0.2, 0.25) is 5.91 Å². The van der Waals surface area contributed by atoms with Crippen LogP contribution < -0.4 is 4.90 Å². The number of likely N-dealkylation sites (tertiary alicyclic amines) is 1. The van der Waals surface area contributed by atoms with Crippen molar-refractivity contribution >= 4 is 22.4 Å². The Labute approximate surface area is 176 Å². The topological polar surface area (TPSA) is 39.7 Å². The van der Waals surface area contributed by atoms with E-state index >= 15 is 0 Å². The van der Waals surface area contributed by atoms with Crippen molar-refractivity contribution in [2.75, 3.05) is 37.6 Å². The third-order valence-corrected chi connectivity index (χ3v) is 7.02. The zero-order chi connectivity index (χ0) is 20.4. The number of amides is 1. The van der Waals surface area contributed by atoms with Crippen LogP contribution >= 0.6 is 11.3 Å². The number of benzene rings is 1. The van der Waals surface area contributed by atoms with E-state index in [2.05, 4.69) is 28.5 Å². The third kappa shape index (κ3) is 4.61. The molecule has 7 heteroatoms. The van der Waals surface area contributed by atoms with Gasteiger partial charge in [-0.2, -0.15) is 0 Å². The number of thiazole rings is 1. The number of hydrogen-bond acceptors (Lipinski definition) is 5. The fourth-order valence-corrected chi connectivity index (χ4v) is 5.33. The fourth-order valence-electron chi connectivity index (χ4n) is 4.45. The largest absolute Gasteiger partial charge is 0.346 e. The summed E-state index contributed by atoms with van der Waals surface area (Å²) in [6, 6.07) is 7.17. The van der Waals surface area contributed by atoms with E-state index in [1.165, 1.54) is 18.6 Å². The number of carbonyl (C=O) groups is 1. The first-order chi connectivity index (χ1) is 14.0. The summed E-state index contributed by atoms with van der Waals surface area (Å²) in [4.78, 5) is 24.2. The predicted molar refractivity (Wildman–Crippen MR) is 116 cm³/mol. The van der Waals surface area contributed by atoms with E-state index in [0.29, 0.717) is 18.6 Å². The first-order valence-electron chi connectivity index (χ1n) is 10.5. The number of carbonyl (C=O) groups excluding carboxylic acids is 1. The van der Waals surface area contributed by atoms with Crippen LogP contribution in [0.4, 0.5) is 9.52 Å². The van der Waals surface area contributed by atoms with Crippen molar-refractivity contribution < 1.29 is 9.18 Å². The van der Waals surface area contributed by atoms with Crippen molar-refractivity contribution in [3.8, 4) is 11.3 Å². The molecule has 5 nitrogen and oxygen atoms in total. The Kier molecular flexibility index (Phi) is 6.15. The van der Waals surface area contributed by atoms with Gasteiger partial charge in [-0.05, 0) is 57.4 Å². The van der Waals surface area contributed by atoms with Gasteiger partial charge >= 0.3 is 0 Å². The molecular weight excluding hydrogens is 387 g/mol. The number of piperidine rings is 1. The summed E-state index contributed by atoms with van der Waals surface area (Å²) in [6.45, 7) is 8.34. The highest BCUT2D eigenvalue weighted by Crippen LogP contribution is 2.28. The zero-order valence-electron chi connectivity index (χ0n) is 17.2. The lowest BCUT2D eigenvalue weighted by Gasteiger charge is -2.41. The van der Waals surface area contributed by atoms with Crippen LogP contribution in [0.25, 0.3) is 11.3 Å². The molecule has 0 aliphatic carbocycles. The van der Waals surface area contributed by atoms with Crippen molar-refractivity contribution in [2.45, 2.75) is 45.2 Å². The number of anilines is 1. The van der Waals surface area contributed by atoms with Crippen LogP contribution in [-0.2, 0) is 4.79 Å². The molecule has 1 amide bonds. The summed E-state index contributed by atoms with van der Waals surface area (Å²) < 4.78 is 13.1. The van der Waals surface area contributed by atoms with Crippen LogP contribution in [0.15, 0.2) is 29.6 Å². The lowest BCUT2D eigenvalue weighted by molar-refractivity contribution is -0.138. The highest BCUT2D eigenvalue weighted by Gasteiger charge is 2.30. The van der Waals surface area contributed by atoms with Gasteiger partial charge in [0.05, 0.1) is 12.2 Å². The highest BCUT2D eigenvalue weighted by molar-refractivity contribution is 7.14. The Bertz CT molecular complexity index is 822. The molecule has 0 radical (unpaired) electrons. The molecule has 2 aliphatic heterocycles.